The predicted octanol–water partition coefficient (Wildman–Crippen LogP) is -0.679. The standard InChI is InChI=1S/C11H14N2O4/c12-10(15)9(14)6-13-5-7-2-1-3-8(4-7)11(16)17/h1-4,9,13-14H,5-6H2,(H2,12,15)(H,16,17). The van der Waals surface area contributed by atoms with E-state index in [-0.39, 0.29) is 12.1 Å². The third-order valence-electron chi connectivity index (χ3n) is 2.17. The molecule has 0 radical (unpaired) electrons. The second-order valence-electron chi connectivity index (χ2n) is 3.55. The van der Waals surface area contributed by atoms with E-state index in [2.05, 4.69) is 5.32 Å². The van der Waals surface area contributed by atoms with Gasteiger partial charge in [0.2, 0.25) is 5.91 Å². The summed E-state index contributed by atoms with van der Waals surface area (Å²) in [5.74, 6) is -1.79. The molecule has 1 aromatic rings. The summed E-state index contributed by atoms with van der Waals surface area (Å²) in [5, 5.41) is 20.7. The number of nitrogens with two attached hydrogens (primary N) is 1. The zero-order valence-electron chi connectivity index (χ0n) is 9.09. The van der Waals surface area contributed by atoms with Crippen LogP contribution in [0, 0.1) is 0 Å². The predicted molar refractivity (Wildman–Crippen MR) is 60.3 cm³/mol. The number of carbonyl (C=O) groups is 2. The molecular formula is C11H14N2O4. The quantitative estimate of drug-likeness (QED) is 0.524. The molecule has 0 saturated carbocycles. The first-order chi connectivity index (χ1) is 8.00. The van der Waals surface area contributed by atoms with Gasteiger partial charge in [0.25, 0.3) is 0 Å². The smallest absolute Gasteiger partial charge is 0.335 e. The van der Waals surface area contributed by atoms with E-state index in [1.54, 1.807) is 12.1 Å². The molecule has 6 nitrogen and oxygen atoms in total. The summed E-state index contributed by atoms with van der Waals surface area (Å²) >= 11 is 0. The number of nitrogens with one attached hydrogen (secondary N) is 1. The lowest BCUT2D eigenvalue weighted by Crippen LogP contribution is -2.37. The number of amides is 1. The second-order valence-corrected chi connectivity index (χ2v) is 3.55. The number of primary amides is 1. The maximum absolute atomic E-state index is 10.7. The number of aliphatic hydroxyl groups is 1. The molecule has 1 amide bonds. The molecule has 5 N–H and O–H groups in total. The van der Waals surface area contributed by atoms with E-state index in [1.807, 2.05) is 0 Å². The van der Waals surface area contributed by atoms with Crippen LogP contribution in [0.1, 0.15) is 15.9 Å². The van der Waals surface area contributed by atoms with Gasteiger partial charge < -0.3 is 21.3 Å². The van der Waals surface area contributed by atoms with Gasteiger partial charge in [0.1, 0.15) is 6.10 Å². The van der Waals surface area contributed by atoms with Crippen molar-refractivity contribution in [1.82, 2.24) is 5.32 Å². The van der Waals surface area contributed by atoms with Crippen LogP contribution in [0.15, 0.2) is 24.3 Å². The van der Waals surface area contributed by atoms with Crippen molar-refractivity contribution in [2.45, 2.75) is 12.6 Å². The van der Waals surface area contributed by atoms with Gasteiger partial charge in [-0.15, -0.1) is 0 Å². The van der Waals surface area contributed by atoms with Crippen LogP contribution in [0.4, 0.5) is 0 Å². The Morgan fingerprint density at radius 2 is 2.12 bits per heavy atom. The molecule has 0 aliphatic carbocycles. The van der Waals surface area contributed by atoms with Crippen LogP contribution in [0.2, 0.25) is 0 Å². The topological polar surface area (TPSA) is 113 Å². The van der Waals surface area contributed by atoms with Crippen LogP contribution in [-0.2, 0) is 11.3 Å². The van der Waals surface area contributed by atoms with Crippen molar-refractivity contribution in [3.8, 4) is 0 Å². The highest BCUT2D eigenvalue weighted by Crippen LogP contribution is 2.04. The first-order valence-corrected chi connectivity index (χ1v) is 5.01. The fourth-order valence-electron chi connectivity index (χ4n) is 1.27. The van der Waals surface area contributed by atoms with Gasteiger partial charge in [0.05, 0.1) is 5.56 Å². The molecule has 0 aliphatic heterocycles. The van der Waals surface area contributed by atoms with E-state index in [9.17, 15) is 9.59 Å². The van der Waals surface area contributed by atoms with Crippen LogP contribution < -0.4 is 11.1 Å². The Labute approximate surface area is 98.1 Å². The van der Waals surface area contributed by atoms with Gasteiger partial charge in [-0.05, 0) is 17.7 Å². The summed E-state index contributed by atoms with van der Waals surface area (Å²) in [6.45, 7) is 0.387. The third-order valence-corrected chi connectivity index (χ3v) is 2.17. The van der Waals surface area contributed by atoms with Gasteiger partial charge in [-0.1, -0.05) is 12.1 Å². The zero-order chi connectivity index (χ0) is 12.8. The minimum atomic E-state index is -1.24. The molecule has 1 unspecified atom stereocenters. The minimum Gasteiger partial charge on any atom is -0.478 e. The Balaban J connectivity index is 2.49. The second kappa shape index (κ2) is 5.97. The number of hydrogen-bond donors (Lipinski definition) is 4. The number of hydrogen-bond acceptors (Lipinski definition) is 4. The molecule has 0 bridgehead atoms. The lowest BCUT2D eigenvalue weighted by Gasteiger charge is -2.08. The normalized spacial score (nSPS) is 12.1. The SMILES string of the molecule is NC(=O)C(O)CNCc1cccc(C(=O)O)c1. The summed E-state index contributed by atoms with van der Waals surface area (Å²) in [6, 6.07) is 6.39. The number of carbonyl (C=O) groups excluding carboxylic acids is 1. The van der Waals surface area contributed by atoms with E-state index in [0.29, 0.717) is 6.54 Å². The highest BCUT2D eigenvalue weighted by Gasteiger charge is 2.09. The molecule has 0 heterocycles. The fourth-order valence-corrected chi connectivity index (χ4v) is 1.27. The average molecular weight is 238 g/mol. The Morgan fingerprint density at radius 3 is 2.71 bits per heavy atom. The number of rotatable bonds is 6. The van der Waals surface area contributed by atoms with Crippen molar-refractivity contribution >= 4 is 11.9 Å². The number of aliphatic hydroxyl groups excluding tert-OH is 1. The molecule has 0 fully saturated rings. The van der Waals surface area contributed by atoms with Gasteiger partial charge >= 0.3 is 5.97 Å². The highest BCUT2D eigenvalue weighted by molar-refractivity contribution is 5.87. The third kappa shape index (κ3) is 4.21. The van der Waals surface area contributed by atoms with E-state index in [1.165, 1.54) is 12.1 Å². The van der Waals surface area contributed by atoms with E-state index < -0.39 is 18.0 Å². The highest BCUT2D eigenvalue weighted by atomic mass is 16.4. The van der Waals surface area contributed by atoms with Gasteiger partial charge in [-0.25, -0.2) is 4.79 Å². The van der Waals surface area contributed by atoms with Crippen LogP contribution in [0.3, 0.4) is 0 Å². The summed E-state index contributed by atoms with van der Waals surface area (Å²) in [7, 11) is 0. The molecule has 0 aromatic heterocycles. The van der Waals surface area contributed by atoms with E-state index in [4.69, 9.17) is 15.9 Å². The molecule has 1 rings (SSSR count). The van der Waals surface area contributed by atoms with Crippen LogP contribution in [0.25, 0.3) is 0 Å². The monoisotopic (exact) mass is 238 g/mol. The van der Waals surface area contributed by atoms with Crippen molar-refractivity contribution in [2.24, 2.45) is 5.73 Å². The zero-order valence-corrected chi connectivity index (χ0v) is 9.09. The first kappa shape index (κ1) is 13.1. The largest absolute Gasteiger partial charge is 0.478 e. The molecule has 6 heteroatoms. The number of benzene rings is 1. The summed E-state index contributed by atoms with van der Waals surface area (Å²) in [6.07, 6.45) is -1.24. The summed E-state index contributed by atoms with van der Waals surface area (Å²) in [4.78, 5) is 21.2. The lowest BCUT2D eigenvalue weighted by atomic mass is 10.1. The lowest BCUT2D eigenvalue weighted by molar-refractivity contribution is -0.125. The van der Waals surface area contributed by atoms with Crippen molar-refractivity contribution in [3.05, 3.63) is 35.4 Å². The molecule has 1 aromatic carbocycles. The molecule has 17 heavy (non-hydrogen) atoms. The first-order valence-electron chi connectivity index (χ1n) is 5.01. The minimum absolute atomic E-state index is 0.0344. The number of carboxylic acid groups (broad SMARTS) is 1. The fraction of sp³-hybridized carbons (Fsp3) is 0.273. The summed E-state index contributed by atoms with van der Waals surface area (Å²) in [5.41, 5.74) is 5.82. The van der Waals surface area contributed by atoms with Crippen molar-refractivity contribution in [2.75, 3.05) is 6.54 Å². The van der Waals surface area contributed by atoms with Gasteiger partial charge in [0.15, 0.2) is 0 Å². The Kier molecular flexibility index (Phi) is 4.62. The van der Waals surface area contributed by atoms with Crippen LogP contribution in [-0.4, -0.2) is 34.7 Å². The molecule has 0 aliphatic rings. The van der Waals surface area contributed by atoms with Crippen LogP contribution in [0.5, 0.6) is 0 Å². The molecular weight excluding hydrogens is 224 g/mol. The molecule has 92 valence electrons. The maximum Gasteiger partial charge on any atom is 0.335 e. The molecule has 1 atom stereocenters. The molecule has 0 spiro atoms. The molecule has 0 saturated heterocycles. The number of aromatic carboxylic acids is 1. The van der Waals surface area contributed by atoms with Gasteiger partial charge in [0, 0.05) is 13.1 Å². The Morgan fingerprint density at radius 1 is 1.41 bits per heavy atom. The maximum atomic E-state index is 10.7. The van der Waals surface area contributed by atoms with E-state index >= 15 is 0 Å². The van der Waals surface area contributed by atoms with Crippen LogP contribution >= 0.6 is 0 Å². The van der Waals surface area contributed by atoms with Gasteiger partial charge in [-0.2, -0.15) is 0 Å². The van der Waals surface area contributed by atoms with Gasteiger partial charge in [-0.3, -0.25) is 4.79 Å². The Hall–Kier alpha value is -1.92. The summed E-state index contributed by atoms with van der Waals surface area (Å²) < 4.78 is 0. The van der Waals surface area contributed by atoms with E-state index in [0.717, 1.165) is 5.56 Å². The number of carboxylic acids is 1. The van der Waals surface area contributed by atoms with Crippen molar-refractivity contribution < 1.29 is 19.8 Å². The average Bonchev–Trinajstić information content (AvgIpc) is 2.29. The van der Waals surface area contributed by atoms with Crippen molar-refractivity contribution in [3.63, 3.8) is 0 Å². The Bertz CT molecular complexity index is 420. The van der Waals surface area contributed by atoms with Crippen molar-refractivity contribution in [1.29, 1.82) is 0 Å².